The smallest absolute Gasteiger partial charge is 0.254 e. The first-order valence-corrected chi connectivity index (χ1v) is 6.45. The van der Waals surface area contributed by atoms with Crippen LogP contribution in [-0.4, -0.2) is 55.4 Å². The van der Waals surface area contributed by atoms with Crippen molar-refractivity contribution in [3.63, 3.8) is 0 Å². The van der Waals surface area contributed by atoms with E-state index in [1.165, 1.54) is 0 Å². The highest BCUT2D eigenvalue weighted by Gasteiger charge is 2.34. The molecule has 2 saturated heterocycles. The number of rotatable bonds is 2. The third kappa shape index (κ3) is 2.97. The Labute approximate surface area is 102 Å². The lowest BCUT2D eigenvalue weighted by molar-refractivity contribution is -0.161. The maximum atomic E-state index is 12.3. The van der Waals surface area contributed by atoms with Crippen LogP contribution in [0.4, 0.5) is 0 Å². The average molecular weight is 242 g/mol. The van der Waals surface area contributed by atoms with Crippen molar-refractivity contribution in [2.24, 2.45) is 5.73 Å². The molecule has 0 saturated carbocycles. The highest BCUT2D eigenvalue weighted by molar-refractivity contribution is 5.81. The first-order chi connectivity index (χ1) is 8.20. The van der Waals surface area contributed by atoms with E-state index in [0.717, 1.165) is 25.8 Å². The van der Waals surface area contributed by atoms with E-state index in [0.29, 0.717) is 19.8 Å². The van der Waals surface area contributed by atoms with Crippen LogP contribution < -0.4 is 5.73 Å². The zero-order valence-corrected chi connectivity index (χ0v) is 10.4. The van der Waals surface area contributed by atoms with Gasteiger partial charge in [0.25, 0.3) is 5.91 Å². The SMILES string of the molecule is C[C@H](N)[C@@H]1CCCCN1C(=O)[C@H]1COCCO1. The molecule has 0 unspecified atom stereocenters. The minimum Gasteiger partial charge on any atom is -0.376 e. The summed E-state index contributed by atoms with van der Waals surface area (Å²) >= 11 is 0. The Morgan fingerprint density at radius 1 is 1.41 bits per heavy atom. The van der Waals surface area contributed by atoms with Crippen molar-refractivity contribution in [1.29, 1.82) is 0 Å². The molecule has 5 heteroatoms. The lowest BCUT2D eigenvalue weighted by atomic mass is 9.96. The summed E-state index contributed by atoms with van der Waals surface area (Å²) in [5.41, 5.74) is 5.96. The predicted octanol–water partition coefficient (Wildman–Crippen LogP) is 0.130. The second-order valence-electron chi connectivity index (χ2n) is 4.89. The van der Waals surface area contributed by atoms with Gasteiger partial charge in [0.05, 0.1) is 19.8 Å². The van der Waals surface area contributed by atoms with Gasteiger partial charge in [-0.25, -0.2) is 0 Å². The molecular weight excluding hydrogens is 220 g/mol. The van der Waals surface area contributed by atoms with Crippen molar-refractivity contribution < 1.29 is 14.3 Å². The fourth-order valence-corrected chi connectivity index (χ4v) is 2.59. The molecule has 1 amide bonds. The standard InChI is InChI=1S/C12H22N2O3/c1-9(13)10-4-2-3-5-14(10)12(15)11-8-16-6-7-17-11/h9-11H,2-8,13H2,1H3/t9-,10-,11+/m0/s1. The largest absolute Gasteiger partial charge is 0.376 e. The molecule has 0 aromatic heterocycles. The monoisotopic (exact) mass is 242 g/mol. The van der Waals surface area contributed by atoms with Crippen LogP contribution in [0.1, 0.15) is 26.2 Å². The number of carbonyl (C=O) groups is 1. The van der Waals surface area contributed by atoms with Gasteiger partial charge in [-0.1, -0.05) is 0 Å². The minimum atomic E-state index is -0.428. The molecule has 2 fully saturated rings. The van der Waals surface area contributed by atoms with Crippen LogP contribution in [0, 0.1) is 0 Å². The van der Waals surface area contributed by atoms with Gasteiger partial charge in [0.2, 0.25) is 0 Å². The molecule has 0 aliphatic carbocycles. The molecule has 3 atom stereocenters. The third-order valence-corrected chi connectivity index (χ3v) is 3.53. The lowest BCUT2D eigenvalue weighted by Crippen LogP contribution is -2.56. The molecular formula is C12H22N2O3. The molecule has 0 aromatic rings. The Balaban J connectivity index is 1.99. The molecule has 17 heavy (non-hydrogen) atoms. The minimum absolute atomic E-state index is 0.0174. The van der Waals surface area contributed by atoms with Crippen LogP contribution in [0.15, 0.2) is 0 Å². The molecule has 2 N–H and O–H groups in total. The topological polar surface area (TPSA) is 64.8 Å². The van der Waals surface area contributed by atoms with E-state index in [2.05, 4.69) is 0 Å². The fourth-order valence-electron chi connectivity index (χ4n) is 2.59. The van der Waals surface area contributed by atoms with Crippen molar-refractivity contribution in [2.45, 2.75) is 44.4 Å². The third-order valence-electron chi connectivity index (χ3n) is 3.53. The second-order valence-corrected chi connectivity index (χ2v) is 4.89. The Bertz CT molecular complexity index is 264. The van der Waals surface area contributed by atoms with Crippen LogP contribution in [-0.2, 0) is 14.3 Å². The number of amides is 1. The summed E-state index contributed by atoms with van der Waals surface area (Å²) in [4.78, 5) is 14.2. The maximum Gasteiger partial charge on any atom is 0.254 e. The van der Waals surface area contributed by atoms with Gasteiger partial charge in [-0.15, -0.1) is 0 Å². The number of nitrogens with two attached hydrogens (primary N) is 1. The van der Waals surface area contributed by atoms with E-state index in [9.17, 15) is 4.79 Å². The molecule has 0 radical (unpaired) electrons. The number of nitrogens with zero attached hydrogens (tertiary/aromatic N) is 1. The molecule has 0 bridgehead atoms. The quantitative estimate of drug-likeness (QED) is 0.747. The zero-order chi connectivity index (χ0) is 12.3. The molecule has 2 heterocycles. The molecule has 0 spiro atoms. The van der Waals surface area contributed by atoms with E-state index in [1.54, 1.807) is 0 Å². The summed E-state index contributed by atoms with van der Waals surface area (Å²) in [6.45, 7) is 4.23. The van der Waals surface area contributed by atoms with E-state index >= 15 is 0 Å². The summed E-state index contributed by atoms with van der Waals surface area (Å²) in [5, 5.41) is 0. The molecule has 2 aliphatic rings. The molecule has 98 valence electrons. The average Bonchev–Trinajstić information content (AvgIpc) is 2.39. The van der Waals surface area contributed by atoms with Gasteiger partial charge in [-0.3, -0.25) is 4.79 Å². The summed E-state index contributed by atoms with van der Waals surface area (Å²) in [5.74, 6) is 0.0479. The van der Waals surface area contributed by atoms with Gasteiger partial charge < -0.3 is 20.1 Å². The van der Waals surface area contributed by atoms with Crippen molar-refractivity contribution in [2.75, 3.05) is 26.4 Å². The number of hydrogen-bond acceptors (Lipinski definition) is 4. The van der Waals surface area contributed by atoms with E-state index in [4.69, 9.17) is 15.2 Å². The van der Waals surface area contributed by atoms with Gasteiger partial charge in [0.15, 0.2) is 6.10 Å². The van der Waals surface area contributed by atoms with Gasteiger partial charge in [0.1, 0.15) is 0 Å². The number of likely N-dealkylation sites (tertiary alicyclic amines) is 1. The van der Waals surface area contributed by atoms with Crippen LogP contribution in [0.5, 0.6) is 0 Å². The Morgan fingerprint density at radius 2 is 2.24 bits per heavy atom. The Hall–Kier alpha value is -0.650. The van der Waals surface area contributed by atoms with Crippen molar-refractivity contribution in [3.05, 3.63) is 0 Å². The second kappa shape index (κ2) is 5.80. The Morgan fingerprint density at radius 3 is 2.88 bits per heavy atom. The zero-order valence-electron chi connectivity index (χ0n) is 10.4. The highest BCUT2D eigenvalue weighted by Crippen LogP contribution is 2.21. The highest BCUT2D eigenvalue weighted by atomic mass is 16.6. The number of hydrogen-bond donors (Lipinski definition) is 1. The lowest BCUT2D eigenvalue weighted by Gasteiger charge is -2.40. The molecule has 2 aliphatic heterocycles. The summed E-state index contributed by atoms with van der Waals surface area (Å²) in [7, 11) is 0. The summed E-state index contributed by atoms with van der Waals surface area (Å²) < 4.78 is 10.8. The van der Waals surface area contributed by atoms with Crippen LogP contribution >= 0.6 is 0 Å². The predicted molar refractivity (Wildman–Crippen MR) is 63.6 cm³/mol. The van der Waals surface area contributed by atoms with Crippen molar-refractivity contribution in [3.8, 4) is 0 Å². The molecule has 2 rings (SSSR count). The number of carbonyl (C=O) groups excluding carboxylic acids is 1. The van der Waals surface area contributed by atoms with Crippen LogP contribution in [0.2, 0.25) is 0 Å². The normalized spacial score (nSPS) is 32.2. The van der Waals surface area contributed by atoms with Gasteiger partial charge in [-0.2, -0.15) is 0 Å². The van der Waals surface area contributed by atoms with Gasteiger partial charge in [0, 0.05) is 18.6 Å². The number of piperidine rings is 1. The van der Waals surface area contributed by atoms with Gasteiger partial charge in [-0.05, 0) is 26.2 Å². The summed E-state index contributed by atoms with van der Waals surface area (Å²) in [6.07, 6.45) is 2.78. The van der Waals surface area contributed by atoms with E-state index in [-0.39, 0.29) is 18.0 Å². The first kappa shape index (κ1) is 12.8. The molecule has 5 nitrogen and oxygen atoms in total. The van der Waals surface area contributed by atoms with Crippen molar-refractivity contribution in [1.82, 2.24) is 4.90 Å². The Kier molecular flexibility index (Phi) is 4.36. The first-order valence-electron chi connectivity index (χ1n) is 6.45. The van der Waals surface area contributed by atoms with E-state index in [1.807, 2.05) is 11.8 Å². The number of ether oxygens (including phenoxy) is 2. The maximum absolute atomic E-state index is 12.3. The van der Waals surface area contributed by atoms with Gasteiger partial charge >= 0.3 is 0 Å². The van der Waals surface area contributed by atoms with Crippen molar-refractivity contribution >= 4 is 5.91 Å². The van der Waals surface area contributed by atoms with E-state index < -0.39 is 6.10 Å². The van der Waals surface area contributed by atoms with Crippen LogP contribution in [0.25, 0.3) is 0 Å². The summed E-state index contributed by atoms with van der Waals surface area (Å²) in [6, 6.07) is 0.172. The van der Waals surface area contributed by atoms with Crippen LogP contribution in [0.3, 0.4) is 0 Å². The molecule has 0 aromatic carbocycles. The fraction of sp³-hybridized carbons (Fsp3) is 0.917.